The maximum absolute atomic E-state index is 11.8. The zero-order valence-electron chi connectivity index (χ0n) is 13.4. The van der Waals surface area contributed by atoms with Crippen molar-refractivity contribution in [1.29, 1.82) is 0 Å². The van der Waals surface area contributed by atoms with Gasteiger partial charge in [0.1, 0.15) is 5.75 Å². The van der Waals surface area contributed by atoms with E-state index in [0.717, 1.165) is 16.9 Å². The van der Waals surface area contributed by atoms with E-state index in [1.54, 1.807) is 32.2 Å². The number of rotatable bonds is 7. The molecule has 0 heterocycles. The number of nitrogens with one attached hydrogen (secondary N) is 1. The summed E-state index contributed by atoms with van der Waals surface area (Å²) in [6.45, 7) is 1.79. The topological polar surface area (TPSA) is 90.7 Å². The molecule has 0 saturated carbocycles. The van der Waals surface area contributed by atoms with Crippen molar-refractivity contribution >= 4 is 11.6 Å². The molecule has 0 bridgehead atoms. The summed E-state index contributed by atoms with van der Waals surface area (Å²) in [4.78, 5) is 22.3. The summed E-state index contributed by atoms with van der Waals surface area (Å²) in [5, 5.41) is 13.7. The van der Waals surface area contributed by atoms with Crippen molar-refractivity contribution in [2.45, 2.75) is 13.5 Å². The van der Waals surface area contributed by atoms with Crippen LogP contribution in [0.15, 0.2) is 42.5 Å². The van der Waals surface area contributed by atoms with Gasteiger partial charge in [-0.25, -0.2) is 0 Å². The van der Waals surface area contributed by atoms with Crippen LogP contribution < -0.4 is 14.8 Å². The predicted molar refractivity (Wildman–Crippen MR) is 88.2 cm³/mol. The molecule has 0 spiro atoms. The molecule has 0 aliphatic carbocycles. The Labute approximate surface area is 139 Å². The third-order valence-electron chi connectivity index (χ3n) is 3.32. The summed E-state index contributed by atoms with van der Waals surface area (Å²) in [5.74, 6) is 0.450. The van der Waals surface area contributed by atoms with Gasteiger partial charge in [-0.2, -0.15) is 0 Å². The second-order valence-corrected chi connectivity index (χ2v) is 5.14. The molecule has 0 aromatic heterocycles. The van der Waals surface area contributed by atoms with Crippen molar-refractivity contribution < 1.29 is 19.2 Å². The highest BCUT2D eigenvalue weighted by atomic mass is 16.6. The summed E-state index contributed by atoms with van der Waals surface area (Å²) >= 11 is 0. The average Bonchev–Trinajstić information content (AvgIpc) is 2.59. The number of benzene rings is 2. The van der Waals surface area contributed by atoms with Gasteiger partial charge in [-0.15, -0.1) is 0 Å². The molecule has 2 aromatic rings. The molecular formula is C17H18N2O5. The third kappa shape index (κ3) is 4.70. The minimum Gasteiger partial charge on any atom is -0.497 e. The molecule has 1 amide bonds. The van der Waals surface area contributed by atoms with Gasteiger partial charge < -0.3 is 14.8 Å². The van der Waals surface area contributed by atoms with Crippen LogP contribution in [0, 0.1) is 17.0 Å². The second-order valence-electron chi connectivity index (χ2n) is 5.14. The minimum atomic E-state index is -0.530. The summed E-state index contributed by atoms with van der Waals surface area (Å²) < 4.78 is 10.3. The van der Waals surface area contributed by atoms with Gasteiger partial charge in [0.25, 0.3) is 5.91 Å². The monoisotopic (exact) mass is 330 g/mol. The molecule has 0 fully saturated rings. The fraction of sp³-hybridized carbons (Fsp3) is 0.235. The first-order valence-electron chi connectivity index (χ1n) is 7.27. The molecule has 126 valence electrons. The molecule has 0 aliphatic heterocycles. The molecule has 0 atom stereocenters. The molecule has 0 unspecified atom stereocenters. The van der Waals surface area contributed by atoms with Gasteiger partial charge in [0.15, 0.2) is 12.4 Å². The van der Waals surface area contributed by atoms with Crippen molar-refractivity contribution in [2.24, 2.45) is 0 Å². The number of nitro benzene ring substituents is 1. The molecule has 24 heavy (non-hydrogen) atoms. The number of ether oxygens (including phenoxy) is 2. The summed E-state index contributed by atoms with van der Waals surface area (Å²) in [6.07, 6.45) is 0. The second kappa shape index (κ2) is 7.96. The van der Waals surface area contributed by atoms with Crippen molar-refractivity contribution in [1.82, 2.24) is 5.32 Å². The van der Waals surface area contributed by atoms with Crippen LogP contribution in [-0.2, 0) is 11.3 Å². The van der Waals surface area contributed by atoms with E-state index in [1.807, 2.05) is 12.1 Å². The van der Waals surface area contributed by atoms with Gasteiger partial charge in [0.2, 0.25) is 0 Å². The van der Waals surface area contributed by atoms with E-state index < -0.39 is 4.92 Å². The van der Waals surface area contributed by atoms with E-state index in [1.165, 1.54) is 12.1 Å². The SMILES string of the molecule is COc1ccc(CNC(=O)COc2ccc(C)cc2[N+](=O)[O-])cc1. The van der Waals surface area contributed by atoms with Crippen molar-refractivity contribution in [3.63, 3.8) is 0 Å². The summed E-state index contributed by atoms with van der Waals surface area (Å²) in [5.41, 5.74) is 1.50. The van der Waals surface area contributed by atoms with Gasteiger partial charge in [0, 0.05) is 12.6 Å². The fourth-order valence-electron chi connectivity index (χ4n) is 2.03. The predicted octanol–water partition coefficient (Wildman–Crippen LogP) is 2.61. The number of aryl methyl sites for hydroxylation is 1. The van der Waals surface area contributed by atoms with Crippen LogP contribution in [0.4, 0.5) is 5.69 Å². The van der Waals surface area contributed by atoms with Crippen LogP contribution in [-0.4, -0.2) is 24.5 Å². The van der Waals surface area contributed by atoms with Crippen LogP contribution in [0.5, 0.6) is 11.5 Å². The first kappa shape index (κ1) is 17.3. The largest absolute Gasteiger partial charge is 0.497 e. The highest BCUT2D eigenvalue weighted by molar-refractivity contribution is 5.77. The number of nitro groups is 1. The van der Waals surface area contributed by atoms with Crippen LogP contribution in [0.1, 0.15) is 11.1 Å². The number of carbonyl (C=O) groups excluding carboxylic acids is 1. The Morgan fingerprint density at radius 1 is 1.21 bits per heavy atom. The average molecular weight is 330 g/mol. The molecular weight excluding hydrogens is 312 g/mol. The molecule has 7 nitrogen and oxygen atoms in total. The Morgan fingerprint density at radius 2 is 1.92 bits per heavy atom. The van der Waals surface area contributed by atoms with Gasteiger partial charge in [0.05, 0.1) is 12.0 Å². The van der Waals surface area contributed by atoms with Crippen LogP contribution in [0.25, 0.3) is 0 Å². The smallest absolute Gasteiger partial charge is 0.311 e. The zero-order chi connectivity index (χ0) is 17.5. The third-order valence-corrected chi connectivity index (χ3v) is 3.32. The van der Waals surface area contributed by atoms with E-state index in [-0.39, 0.29) is 24.0 Å². The number of nitrogens with zero attached hydrogens (tertiary/aromatic N) is 1. The maximum Gasteiger partial charge on any atom is 0.311 e. The Morgan fingerprint density at radius 3 is 2.54 bits per heavy atom. The minimum absolute atomic E-state index is 0.0743. The van der Waals surface area contributed by atoms with Gasteiger partial charge in [-0.1, -0.05) is 18.2 Å². The summed E-state index contributed by atoms with van der Waals surface area (Å²) in [6, 6.07) is 11.9. The molecule has 1 N–H and O–H groups in total. The number of carbonyl (C=O) groups is 1. The maximum atomic E-state index is 11.8. The highest BCUT2D eigenvalue weighted by Crippen LogP contribution is 2.27. The number of amides is 1. The first-order valence-corrected chi connectivity index (χ1v) is 7.27. The Kier molecular flexibility index (Phi) is 5.73. The number of hydrogen-bond acceptors (Lipinski definition) is 5. The van der Waals surface area contributed by atoms with Crippen molar-refractivity contribution in [3.8, 4) is 11.5 Å². The van der Waals surface area contributed by atoms with E-state index in [0.29, 0.717) is 6.54 Å². The lowest BCUT2D eigenvalue weighted by Crippen LogP contribution is -2.28. The van der Waals surface area contributed by atoms with Crippen molar-refractivity contribution in [2.75, 3.05) is 13.7 Å². The molecule has 0 aliphatic rings. The van der Waals surface area contributed by atoms with Gasteiger partial charge in [-0.05, 0) is 36.2 Å². The Balaban J connectivity index is 1.88. The highest BCUT2D eigenvalue weighted by Gasteiger charge is 2.16. The van der Waals surface area contributed by atoms with E-state index in [4.69, 9.17) is 9.47 Å². The van der Waals surface area contributed by atoms with E-state index in [9.17, 15) is 14.9 Å². The Hall–Kier alpha value is -3.09. The lowest BCUT2D eigenvalue weighted by atomic mass is 10.2. The Bertz CT molecular complexity index is 728. The van der Waals surface area contributed by atoms with E-state index in [2.05, 4.69) is 5.32 Å². The molecule has 7 heteroatoms. The van der Waals surface area contributed by atoms with Crippen LogP contribution in [0.2, 0.25) is 0 Å². The normalized spacial score (nSPS) is 10.1. The standard InChI is InChI=1S/C17H18N2O5/c1-12-3-8-16(15(9-12)19(21)22)24-11-17(20)18-10-13-4-6-14(23-2)7-5-13/h3-9H,10-11H2,1-2H3,(H,18,20). The fourth-order valence-corrected chi connectivity index (χ4v) is 2.03. The van der Waals surface area contributed by atoms with E-state index >= 15 is 0 Å². The van der Waals surface area contributed by atoms with Gasteiger partial charge in [-0.3, -0.25) is 14.9 Å². The molecule has 2 aromatic carbocycles. The molecule has 0 radical (unpaired) electrons. The summed E-state index contributed by atoms with van der Waals surface area (Å²) in [7, 11) is 1.58. The number of methoxy groups -OCH3 is 1. The lowest BCUT2D eigenvalue weighted by Gasteiger charge is -2.09. The zero-order valence-corrected chi connectivity index (χ0v) is 13.4. The quantitative estimate of drug-likeness (QED) is 0.622. The molecule has 2 rings (SSSR count). The molecule has 0 saturated heterocycles. The first-order chi connectivity index (χ1) is 11.5. The van der Waals surface area contributed by atoms with Crippen LogP contribution >= 0.6 is 0 Å². The van der Waals surface area contributed by atoms with Gasteiger partial charge >= 0.3 is 5.69 Å². The lowest BCUT2D eigenvalue weighted by molar-refractivity contribution is -0.385. The van der Waals surface area contributed by atoms with Crippen molar-refractivity contribution in [3.05, 3.63) is 63.7 Å². The number of hydrogen-bond donors (Lipinski definition) is 1. The van der Waals surface area contributed by atoms with Crippen LogP contribution in [0.3, 0.4) is 0 Å².